The standard InChI is InChI=1S/C16H22O4/c1-10-7-13(15(17)16(18)19-3)14(8-11(10)2)20-9-12-5-4-6-12/h7-8,12,15,17H,4-6,9H2,1-3H3. The highest BCUT2D eigenvalue weighted by atomic mass is 16.5. The molecule has 1 aromatic carbocycles. The number of methoxy groups -OCH3 is 1. The number of rotatable bonds is 5. The number of hydrogen-bond acceptors (Lipinski definition) is 4. The summed E-state index contributed by atoms with van der Waals surface area (Å²) in [5.41, 5.74) is 2.58. The summed E-state index contributed by atoms with van der Waals surface area (Å²) in [6.45, 7) is 4.57. The van der Waals surface area contributed by atoms with Crippen LogP contribution < -0.4 is 4.74 Å². The van der Waals surface area contributed by atoms with Crippen LogP contribution in [0.2, 0.25) is 0 Å². The topological polar surface area (TPSA) is 55.8 Å². The van der Waals surface area contributed by atoms with E-state index in [1.54, 1.807) is 6.07 Å². The molecule has 0 amide bonds. The molecule has 1 aromatic rings. The zero-order chi connectivity index (χ0) is 14.7. The molecule has 20 heavy (non-hydrogen) atoms. The fourth-order valence-corrected chi connectivity index (χ4v) is 2.26. The van der Waals surface area contributed by atoms with Crippen LogP contribution in [-0.2, 0) is 9.53 Å². The van der Waals surface area contributed by atoms with Crippen molar-refractivity contribution < 1.29 is 19.4 Å². The molecule has 0 saturated heterocycles. The molecule has 0 heterocycles. The lowest BCUT2D eigenvalue weighted by Crippen LogP contribution is -2.21. The van der Waals surface area contributed by atoms with Crippen LogP contribution in [0, 0.1) is 19.8 Å². The Morgan fingerprint density at radius 3 is 2.55 bits per heavy atom. The first-order valence-corrected chi connectivity index (χ1v) is 7.02. The summed E-state index contributed by atoms with van der Waals surface area (Å²) in [7, 11) is 1.27. The average Bonchev–Trinajstić information content (AvgIpc) is 2.38. The van der Waals surface area contributed by atoms with Crippen molar-refractivity contribution in [3.05, 3.63) is 28.8 Å². The number of aliphatic hydroxyl groups excluding tert-OH is 1. The van der Waals surface area contributed by atoms with E-state index >= 15 is 0 Å². The maximum Gasteiger partial charge on any atom is 0.339 e. The van der Waals surface area contributed by atoms with Gasteiger partial charge in [-0.25, -0.2) is 4.79 Å². The van der Waals surface area contributed by atoms with Gasteiger partial charge in [0.2, 0.25) is 0 Å². The second-order valence-corrected chi connectivity index (χ2v) is 5.51. The van der Waals surface area contributed by atoms with Crippen LogP contribution in [0.5, 0.6) is 5.75 Å². The molecule has 1 atom stereocenters. The highest BCUT2D eigenvalue weighted by molar-refractivity contribution is 5.77. The molecule has 1 aliphatic carbocycles. The van der Waals surface area contributed by atoms with Crippen LogP contribution in [0.15, 0.2) is 12.1 Å². The monoisotopic (exact) mass is 278 g/mol. The quantitative estimate of drug-likeness (QED) is 0.841. The minimum Gasteiger partial charge on any atom is -0.493 e. The van der Waals surface area contributed by atoms with Crippen molar-refractivity contribution in [3.8, 4) is 5.75 Å². The molecule has 4 nitrogen and oxygen atoms in total. The van der Waals surface area contributed by atoms with E-state index in [-0.39, 0.29) is 0 Å². The molecule has 110 valence electrons. The van der Waals surface area contributed by atoms with Gasteiger partial charge in [0.1, 0.15) is 5.75 Å². The molecule has 0 bridgehead atoms. The Hall–Kier alpha value is -1.55. The Labute approximate surface area is 119 Å². The van der Waals surface area contributed by atoms with E-state index in [0.717, 1.165) is 11.1 Å². The summed E-state index contributed by atoms with van der Waals surface area (Å²) in [6.07, 6.45) is 2.36. The molecule has 1 saturated carbocycles. The number of aryl methyl sites for hydroxylation is 2. The Bertz CT molecular complexity index is 491. The van der Waals surface area contributed by atoms with E-state index in [9.17, 15) is 9.90 Å². The molecule has 1 fully saturated rings. The smallest absolute Gasteiger partial charge is 0.339 e. The van der Waals surface area contributed by atoms with Gasteiger partial charge in [0.15, 0.2) is 6.10 Å². The van der Waals surface area contributed by atoms with Gasteiger partial charge < -0.3 is 14.6 Å². The van der Waals surface area contributed by atoms with Gasteiger partial charge in [-0.1, -0.05) is 6.42 Å². The Morgan fingerprint density at radius 1 is 1.35 bits per heavy atom. The molecular formula is C16H22O4. The molecule has 0 radical (unpaired) electrons. The van der Waals surface area contributed by atoms with E-state index in [1.807, 2.05) is 19.9 Å². The number of carbonyl (C=O) groups is 1. The average molecular weight is 278 g/mol. The third-order valence-electron chi connectivity index (χ3n) is 4.04. The predicted octanol–water partition coefficient (Wildman–Crippen LogP) is 2.69. The lowest BCUT2D eigenvalue weighted by atomic mass is 9.86. The molecule has 1 unspecified atom stereocenters. The largest absolute Gasteiger partial charge is 0.493 e. The number of esters is 1. The summed E-state index contributed by atoms with van der Waals surface area (Å²) in [4.78, 5) is 11.5. The Kier molecular flexibility index (Phi) is 4.65. The summed E-state index contributed by atoms with van der Waals surface area (Å²) in [5, 5.41) is 10.1. The number of aliphatic hydroxyl groups is 1. The van der Waals surface area contributed by atoms with Crippen molar-refractivity contribution in [2.75, 3.05) is 13.7 Å². The predicted molar refractivity (Wildman–Crippen MR) is 75.7 cm³/mol. The second-order valence-electron chi connectivity index (χ2n) is 5.51. The summed E-state index contributed by atoms with van der Waals surface area (Å²) < 4.78 is 10.4. The Balaban J connectivity index is 2.22. The molecule has 0 aliphatic heterocycles. The van der Waals surface area contributed by atoms with Crippen LogP contribution in [0.4, 0.5) is 0 Å². The van der Waals surface area contributed by atoms with Crippen molar-refractivity contribution in [3.63, 3.8) is 0 Å². The highest BCUT2D eigenvalue weighted by Crippen LogP contribution is 2.32. The molecule has 1 N–H and O–H groups in total. The minimum absolute atomic E-state index is 0.485. The second kappa shape index (κ2) is 6.27. The third kappa shape index (κ3) is 3.12. The number of benzene rings is 1. The van der Waals surface area contributed by atoms with Crippen molar-refractivity contribution in [1.82, 2.24) is 0 Å². The Morgan fingerprint density at radius 2 is 2.00 bits per heavy atom. The summed E-state index contributed by atoms with van der Waals surface area (Å²) in [6, 6.07) is 3.68. The molecule has 4 heteroatoms. The minimum atomic E-state index is -1.30. The van der Waals surface area contributed by atoms with E-state index in [4.69, 9.17) is 4.74 Å². The zero-order valence-corrected chi connectivity index (χ0v) is 12.3. The fraction of sp³-hybridized carbons (Fsp3) is 0.562. The van der Waals surface area contributed by atoms with E-state index < -0.39 is 12.1 Å². The van der Waals surface area contributed by atoms with E-state index in [2.05, 4.69) is 4.74 Å². The maximum atomic E-state index is 11.5. The normalized spacial score (nSPS) is 16.4. The first-order valence-electron chi connectivity index (χ1n) is 7.02. The molecule has 0 spiro atoms. The van der Waals surface area contributed by atoms with Gasteiger partial charge in [-0.2, -0.15) is 0 Å². The van der Waals surface area contributed by atoms with Crippen molar-refractivity contribution >= 4 is 5.97 Å². The van der Waals surface area contributed by atoms with E-state index in [0.29, 0.717) is 23.8 Å². The lowest BCUT2D eigenvalue weighted by Gasteiger charge is -2.26. The highest BCUT2D eigenvalue weighted by Gasteiger charge is 2.24. The van der Waals surface area contributed by atoms with Crippen LogP contribution >= 0.6 is 0 Å². The van der Waals surface area contributed by atoms with Crippen LogP contribution in [0.25, 0.3) is 0 Å². The molecular weight excluding hydrogens is 256 g/mol. The van der Waals surface area contributed by atoms with Gasteiger partial charge in [-0.15, -0.1) is 0 Å². The number of hydrogen-bond donors (Lipinski definition) is 1. The van der Waals surface area contributed by atoms with Gasteiger partial charge in [-0.3, -0.25) is 0 Å². The SMILES string of the molecule is COC(=O)C(O)c1cc(C)c(C)cc1OCC1CCC1. The van der Waals surface area contributed by atoms with Gasteiger partial charge in [0, 0.05) is 5.56 Å². The zero-order valence-electron chi connectivity index (χ0n) is 12.3. The summed E-state index contributed by atoms with van der Waals surface area (Å²) >= 11 is 0. The maximum absolute atomic E-state index is 11.5. The number of carbonyl (C=O) groups excluding carboxylic acids is 1. The number of ether oxygens (including phenoxy) is 2. The molecule has 0 aromatic heterocycles. The van der Waals surface area contributed by atoms with Gasteiger partial charge in [-0.05, 0) is 55.9 Å². The first-order chi connectivity index (χ1) is 9.52. The third-order valence-corrected chi connectivity index (χ3v) is 4.04. The van der Waals surface area contributed by atoms with Gasteiger partial charge >= 0.3 is 5.97 Å². The lowest BCUT2D eigenvalue weighted by molar-refractivity contribution is -0.150. The van der Waals surface area contributed by atoms with Gasteiger partial charge in [0.05, 0.1) is 13.7 Å². The van der Waals surface area contributed by atoms with Crippen LogP contribution in [0.1, 0.15) is 42.1 Å². The fourth-order valence-electron chi connectivity index (χ4n) is 2.26. The molecule has 2 rings (SSSR count). The van der Waals surface area contributed by atoms with Crippen molar-refractivity contribution in [1.29, 1.82) is 0 Å². The van der Waals surface area contributed by atoms with Crippen LogP contribution in [0.3, 0.4) is 0 Å². The first kappa shape index (κ1) is 14.9. The van der Waals surface area contributed by atoms with Crippen LogP contribution in [-0.4, -0.2) is 24.8 Å². The van der Waals surface area contributed by atoms with E-state index in [1.165, 1.54) is 26.4 Å². The molecule has 1 aliphatic rings. The summed E-state index contributed by atoms with van der Waals surface area (Å²) in [5.74, 6) is 0.513. The van der Waals surface area contributed by atoms with Gasteiger partial charge in [0.25, 0.3) is 0 Å². The van der Waals surface area contributed by atoms with Crippen molar-refractivity contribution in [2.24, 2.45) is 5.92 Å². The van der Waals surface area contributed by atoms with Crippen molar-refractivity contribution in [2.45, 2.75) is 39.2 Å².